The zero-order chi connectivity index (χ0) is 34.7. The van der Waals surface area contributed by atoms with Gasteiger partial charge in [0.05, 0.1) is 38.0 Å². The molecule has 0 aromatic heterocycles. The van der Waals surface area contributed by atoms with Crippen molar-refractivity contribution >= 4 is 92.8 Å². The number of carbonyl (C=O) groups excluding carboxylic acids is 2. The molecule has 0 saturated carbocycles. The second-order valence-electron chi connectivity index (χ2n) is 8.89. The van der Waals surface area contributed by atoms with Crippen LogP contribution in [-0.2, 0) is 12.4 Å². The molecule has 4 aromatic rings. The number of halogens is 12. The predicted octanol–water partition coefficient (Wildman–Crippen LogP) is 11.2. The molecular formula is C28H14Cl6F6N2O4. The fraction of sp³-hybridized carbons (Fsp3) is 0.0714. The van der Waals surface area contributed by atoms with E-state index in [2.05, 4.69) is 5.32 Å². The number of benzene rings is 4. The summed E-state index contributed by atoms with van der Waals surface area (Å²) in [6.07, 6.45) is -9.95. The van der Waals surface area contributed by atoms with Gasteiger partial charge in [-0.05, 0) is 60.7 Å². The van der Waals surface area contributed by atoms with Crippen molar-refractivity contribution in [3.8, 4) is 11.5 Å². The van der Waals surface area contributed by atoms with Crippen LogP contribution in [0, 0.1) is 0 Å². The summed E-state index contributed by atoms with van der Waals surface area (Å²) in [6.45, 7) is 0. The molecule has 6 nitrogen and oxygen atoms in total. The zero-order valence-electron chi connectivity index (χ0n) is 22.0. The molecule has 4 rings (SSSR count). The molecule has 46 heavy (non-hydrogen) atoms. The van der Waals surface area contributed by atoms with Crippen molar-refractivity contribution < 1.29 is 46.1 Å². The van der Waals surface area contributed by atoms with E-state index < -0.39 is 52.3 Å². The maximum atomic E-state index is 13.0. The van der Waals surface area contributed by atoms with Gasteiger partial charge in [-0.2, -0.15) is 26.3 Å². The number of phenolic OH excluding ortho intramolecular Hbond substituents is 2. The van der Waals surface area contributed by atoms with E-state index in [0.717, 1.165) is 12.1 Å². The fourth-order valence-electron chi connectivity index (χ4n) is 3.56. The molecule has 0 unspecified atom stereocenters. The lowest BCUT2D eigenvalue weighted by Crippen LogP contribution is -2.18. The topological polar surface area (TPSA) is 98.7 Å². The second-order valence-corrected chi connectivity index (χ2v) is 11.4. The maximum absolute atomic E-state index is 13.0. The van der Waals surface area contributed by atoms with Crippen molar-refractivity contribution in [3.05, 3.63) is 113 Å². The van der Waals surface area contributed by atoms with Crippen LogP contribution in [0.1, 0.15) is 31.8 Å². The van der Waals surface area contributed by atoms with Gasteiger partial charge in [-0.1, -0.05) is 69.6 Å². The van der Waals surface area contributed by atoms with Crippen molar-refractivity contribution in [1.29, 1.82) is 0 Å². The molecule has 244 valence electrons. The van der Waals surface area contributed by atoms with Gasteiger partial charge < -0.3 is 20.8 Å². The Morgan fingerprint density at radius 2 is 1.00 bits per heavy atom. The first-order valence-electron chi connectivity index (χ1n) is 11.9. The first kappa shape index (κ1) is 37.2. The number of alkyl halides is 6. The van der Waals surface area contributed by atoms with E-state index in [1.165, 1.54) is 30.3 Å². The number of phenols is 2. The van der Waals surface area contributed by atoms with Gasteiger partial charge in [0, 0.05) is 25.8 Å². The Morgan fingerprint density at radius 1 is 0.565 bits per heavy atom. The van der Waals surface area contributed by atoms with Gasteiger partial charge >= 0.3 is 12.4 Å². The van der Waals surface area contributed by atoms with Crippen molar-refractivity contribution in [3.63, 3.8) is 0 Å². The lowest BCUT2D eigenvalue weighted by atomic mass is 10.1. The first-order chi connectivity index (χ1) is 21.2. The largest absolute Gasteiger partial charge is 0.506 e. The number of carbonyl (C=O) groups is 2. The molecule has 4 N–H and O–H groups in total. The molecule has 0 atom stereocenters. The highest BCUT2D eigenvalue weighted by Crippen LogP contribution is 2.40. The van der Waals surface area contributed by atoms with E-state index in [4.69, 9.17) is 69.6 Å². The van der Waals surface area contributed by atoms with Crippen LogP contribution in [0.5, 0.6) is 11.5 Å². The molecule has 4 aromatic carbocycles. The van der Waals surface area contributed by atoms with E-state index in [1.54, 1.807) is 5.32 Å². The van der Waals surface area contributed by atoms with Gasteiger partial charge in [0.1, 0.15) is 11.5 Å². The summed E-state index contributed by atoms with van der Waals surface area (Å²) in [4.78, 5) is 24.2. The summed E-state index contributed by atoms with van der Waals surface area (Å²) in [5.41, 5.74) is -4.27. The van der Waals surface area contributed by atoms with Gasteiger partial charge in [0.25, 0.3) is 11.8 Å². The Kier molecular flexibility index (Phi) is 11.9. The number of nitrogens with one attached hydrogen (secondary N) is 2. The smallest absolute Gasteiger partial charge is 0.418 e. The Labute approximate surface area is 285 Å². The lowest BCUT2D eigenvalue weighted by Gasteiger charge is -2.17. The van der Waals surface area contributed by atoms with Gasteiger partial charge in [-0.15, -0.1) is 0 Å². The van der Waals surface area contributed by atoms with Crippen LogP contribution >= 0.6 is 69.6 Å². The fourth-order valence-corrected chi connectivity index (χ4v) is 5.08. The third kappa shape index (κ3) is 9.63. The number of hydrogen-bond acceptors (Lipinski definition) is 4. The molecule has 2 amide bonds. The SMILES string of the molecule is O=C(Nc1cc(C(F)(F)F)ccc1C(F)(F)F)c1cc(Cl)cc(Cl)c1O.O=C(Nc1cc(Cl)cc(Cl)c1)c1cc(Cl)cc(Cl)c1O. The standard InChI is InChI=1S/C15H7Cl2F6NO2.C13H7Cl4NO2/c16-7-4-8(12(25)10(17)5-7)13(26)24-11-3-6(14(18,19)20)1-2-9(11)15(21,22)23;14-6-1-7(15)3-9(2-6)18-13(20)10-4-8(16)5-11(17)12(10)19/h1-5,25H,(H,24,26);1-5,19H,(H,18,20). The summed E-state index contributed by atoms with van der Waals surface area (Å²) in [6, 6.07) is 9.78. The molecule has 0 fully saturated rings. The second kappa shape index (κ2) is 14.7. The monoisotopic (exact) mass is 766 g/mol. The molecule has 0 radical (unpaired) electrons. The van der Waals surface area contributed by atoms with E-state index in [-0.39, 0.29) is 49.6 Å². The number of hydrogen-bond donors (Lipinski definition) is 4. The van der Waals surface area contributed by atoms with E-state index in [0.29, 0.717) is 15.7 Å². The normalized spacial score (nSPS) is 11.4. The summed E-state index contributed by atoms with van der Waals surface area (Å²) in [5, 5.41) is 24.3. The van der Waals surface area contributed by atoms with Crippen molar-refractivity contribution in [1.82, 2.24) is 0 Å². The highest BCUT2D eigenvalue weighted by atomic mass is 35.5. The molecule has 0 heterocycles. The maximum Gasteiger partial charge on any atom is 0.418 e. The van der Waals surface area contributed by atoms with Crippen LogP contribution in [0.25, 0.3) is 0 Å². The highest BCUT2D eigenvalue weighted by Gasteiger charge is 2.37. The summed E-state index contributed by atoms with van der Waals surface area (Å²) < 4.78 is 77.3. The van der Waals surface area contributed by atoms with Gasteiger partial charge in [-0.25, -0.2) is 0 Å². The minimum absolute atomic E-state index is 0.00761. The number of amides is 2. The van der Waals surface area contributed by atoms with Gasteiger partial charge in [0.2, 0.25) is 0 Å². The molecule has 0 aliphatic heterocycles. The number of aromatic hydroxyl groups is 2. The molecule has 0 aliphatic carbocycles. The molecule has 0 spiro atoms. The minimum Gasteiger partial charge on any atom is -0.506 e. The van der Waals surface area contributed by atoms with Gasteiger partial charge in [-0.3, -0.25) is 9.59 Å². The predicted molar refractivity (Wildman–Crippen MR) is 165 cm³/mol. The van der Waals surface area contributed by atoms with Crippen LogP contribution in [0.15, 0.2) is 60.7 Å². The van der Waals surface area contributed by atoms with Crippen LogP contribution in [0.4, 0.5) is 37.7 Å². The summed E-state index contributed by atoms with van der Waals surface area (Å²) in [7, 11) is 0. The third-order valence-corrected chi connectivity index (χ3v) is 7.02. The van der Waals surface area contributed by atoms with Crippen LogP contribution < -0.4 is 10.6 Å². The average Bonchev–Trinajstić information content (AvgIpc) is 2.91. The Balaban J connectivity index is 0.000000259. The van der Waals surface area contributed by atoms with Gasteiger partial charge in [0.15, 0.2) is 0 Å². The van der Waals surface area contributed by atoms with Crippen LogP contribution in [-0.4, -0.2) is 22.0 Å². The molecule has 0 saturated heterocycles. The number of rotatable bonds is 4. The first-order valence-corrected chi connectivity index (χ1v) is 14.2. The zero-order valence-corrected chi connectivity index (χ0v) is 26.6. The highest BCUT2D eigenvalue weighted by molar-refractivity contribution is 6.37. The Hall–Kier alpha value is -3.26. The quantitative estimate of drug-likeness (QED) is 0.155. The number of anilines is 2. The van der Waals surface area contributed by atoms with Crippen LogP contribution in [0.3, 0.4) is 0 Å². The van der Waals surface area contributed by atoms with Crippen molar-refractivity contribution in [2.75, 3.05) is 10.6 Å². The van der Waals surface area contributed by atoms with E-state index in [1.807, 2.05) is 0 Å². The van der Waals surface area contributed by atoms with Crippen molar-refractivity contribution in [2.24, 2.45) is 0 Å². The van der Waals surface area contributed by atoms with E-state index >= 15 is 0 Å². The molecule has 18 heteroatoms. The molecular weight excluding hydrogens is 755 g/mol. The summed E-state index contributed by atoms with van der Waals surface area (Å²) in [5.74, 6) is -3.03. The Morgan fingerprint density at radius 3 is 1.43 bits per heavy atom. The minimum atomic E-state index is -5.03. The molecule has 0 aliphatic rings. The van der Waals surface area contributed by atoms with E-state index in [9.17, 15) is 46.1 Å². The third-order valence-electron chi connectivity index (χ3n) is 5.57. The van der Waals surface area contributed by atoms with Crippen molar-refractivity contribution in [2.45, 2.75) is 12.4 Å². The Bertz CT molecular complexity index is 1800. The lowest BCUT2D eigenvalue weighted by molar-refractivity contribution is -0.140. The summed E-state index contributed by atoms with van der Waals surface area (Å²) >= 11 is 34.5. The molecule has 0 bridgehead atoms. The average molecular weight is 769 g/mol. The van der Waals surface area contributed by atoms with Crippen LogP contribution in [0.2, 0.25) is 30.1 Å².